The van der Waals surface area contributed by atoms with Gasteiger partial charge >= 0.3 is 6.18 Å². The van der Waals surface area contributed by atoms with E-state index in [4.69, 9.17) is 4.74 Å². The van der Waals surface area contributed by atoms with E-state index in [0.717, 1.165) is 24.3 Å². The van der Waals surface area contributed by atoms with Gasteiger partial charge in [0, 0.05) is 23.6 Å². The minimum absolute atomic E-state index is 0.151. The van der Waals surface area contributed by atoms with Gasteiger partial charge in [0.15, 0.2) is 0 Å². The second-order valence-corrected chi connectivity index (χ2v) is 7.05. The van der Waals surface area contributed by atoms with E-state index in [-0.39, 0.29) is 17.9 Å². The van der Waals surface area contributed by atoms with Crippen molar-refractivity contribution in [3.8, 4) is 28.7 Å². The molecule has 166 valence electrons. The van der Waals surface area contributed by atoms with Gasteiger partial charge in [-0.3, -0.25) is 0 Å². The Morgan fingerprint density at radius 3 is 2.00 bits per heavy atom. The van der Waals surface area contributed by atoms with Crippen molar-refractivity contribution in [3.63, 3.8) is 0 Å². The molecule has 3 aromatic rings. The van der Waals surface area contributed by atoms with E-state index in [0.29, 0.717) is 17.7 Å². The summed E-state index contributed by atoms with van der Waals surface area (Å²) >= 11 is 0. The van der Waals surface area contributed by atoms with Crippen molar-refractivity contribution in [1.29, 1.82) is 0 Å². The predicted octanol–water partition coefficient (Wildman–Crippen LogP) is 7.22. The van der Waals surface area contributed by atoms with Gasteiger partial charge in [0.1, 0.15) is 29.8 Å². The lowest BCUT2D eigenvalue weighted by Crippen LogP contribution is -2.03. The predicted molar refractivity (Wildman–Crippen MR) is 109 cm³/mol. The molecule has 0 aliphatic carbocycles. The van der Waals surface area contributed by atoms with Crippen LogP contribution in [0.2, 0.25) is 0 Å². The van der Waals surface area contributed by atoms with Crippen LogP contribution >= 0.6 is 0 Å². The van der Waals surface area contributed by atoms with E-state index in [1.54, 1.807) is 6.07 Å². The summed E-state index contributed by atoms with van der Waals surface area (Å²) in [6.07, 6.45) is -2.89. The summed E-state index contributed by atoms with van der Waals surface area (Å²) in [4.78, 5) is 0. The van der Waals surface area contributed by atoms with Gasteiger partial charge in [-0.1, -0.05) is 55.7 Å². The fraction of sp³-hybridized carbons (Fsp3) is 0.200. The first-order valence-electron chi connectivity index (χ1n) is 9.76. The van der Waals surface area contributed by atoms with Crippen molar-refractivity contribution < 1.29 is 31.1 Å². The van der Waals surface area contributed by atoms with Crippen molar-refractivity contribution in [1.82, 2.24) is 0 Å². The summed E-state index contributed by atoms with van der Waals surface area (Å²) in [6.45, 7) is 1.76. The zero-order valence-electron chi connectivity index (χ0n) is 17.0. The number of hydrogen-bond acceptors (Lipinski definition) is 1. The zero-order valence-corrected chi connectivity index (χ0v) is 17.0. The first-order valence-corrected chi connectivity index (χ1v) is 9.76. The van der Waals surface area contributed by atoms with Crippen LogP contribution in [-0.2, 0) is 13.0 Å². The monoisotopic (exact) mass is 448 g/mol. The highest BCUT2D eigenvalue weighted by Gasteiger charge is 2.23. The molecular weight excluding hydrogens is 430 g/mol. The average molecular weight is 448 g/mol. The maximum absolute atomic E-state index is 14.5. The average Bonchev–Trinajstić information content (AvgIpc) is 2.72. The van der Waals surface area contributed by atoms with E-state index in [9.17, 15) is 26.3 Å². The molecule has 1 nitrogen and oxygen atoms in total. The van der Waals surface area contributed by atoms with E-state index in [1.807, 2.05) is 24.3 Å². The smallest absolute Gasteiger partial charge is 0.458 e. The Kier molecular flexibility index (Phi) is 7.14. The number of halogens is 6. The van der Waals surface area contributed by atoms with Crippen molar-refractivity contribution in [2.75, 3.05) is 0 Å². The minimum atomic E-state index is -4.88. The molecule has 0 unspecified atom stereocenters. The third-order valence-corrected chi connectivity index (χ3v) is 4.62. The highest BCUT2D eigenvalue weighted by atomic mass is 19.4. The quantitative estimate of drug-likeness (QED) is 0.286. The number of aryl methyl sites for hydroxylation is 1. The van der Waals surface area contributed by atoms with Gasteiger partial charge in [-0.15, -0.1) is 0 Å². The molecule has 0 radical (unpaired) electrons. The lowest BCUT2D eigenvalue weighted by atomic mass is 10.0. The number of ether oxygens (including phenoxy) is 1. The second-order valence-electron chi connectivity index (χ2n) is 7.05. The molecule has 32 heavy (non-hydrogen) atoms. The topological polar surface area (TPSA) is 9.23 Å². The molecule has 0 saturated heterocycles. The molecule has 3 rings (SSSR count). The molecule has 0 atom stereocenters. The number of benzene rings is 3. The Hall–Kier alpha value is -3.40. The van der Waals surface area contributed by atoms with Crippen LogP contribution in [0.5, 0.6) is 5.75 Å². The van der Waals surface area contributed by atoms with Gasteiger partial charge in [-0.2, -0.15) is 13.2 Å². The maximum atomic E-state index is 14.5. The van der Waals surface area contributed by atoms with Crippen LogP contribution in [0.1, 0.15) is 30.0 Å². The Labute approximate surface area is 181 Å². The standard InChI is InChI=1S/C25H18F6O/c1-2-3-16-4-6-17(7-5-16)18-8-9-19(22(26)12-18)15-32-20-13-23(27)21(24(28)14-20)10-11-25(29,30)31/h4-9,12-14H,2-3,15H2,1H3. The van der Waals surface area contributed by atoms with Gasteiger partial charge in [0.2, 0.25) is 0 Å². The van der Waals surface area contributed by atoms with Crippen LogP contribution in [0.3, 0.4) is 0 Å². The molecule has 0 fully saturated rings. The molecule has 0 N–H and O–H groups in total. The highest BCUT2D eigenvalue weighted by molar-refractivity contribution is 5.64. The Morgan fingerprint density at radius 1 is 0.812 bits per heavy atom. The molecule has 0 aromatic heterocycles. The molecular formula is C25H18F6O. The summed E-state index contributed by atoms with van der Waals surface area (Å²) in [5.74, 6) is -1.24. The zero-order chi connectivity index (χ0) is 23.3. The molecule has 0 aliphatic rings. The SMILES string of the molecule is CCCc1ccc(-c2ccc(COc3cc(F)c(C#CC(F)(F)F)c(F)c3)c(F)c2)cc1. The van der Waals surface area contributed by atoms with Crippen LogP contribution in [0.4, 0.5) is 26.3 Å². The van der Waals surface area contributed by atoms with E-state index in [1.165, 1.54) is 23.6 Å². The van der Waals surface area contributed by atoms with E-state index < -0.39 is 29.2 Å². The number of alkyl halides is 3. The normalized spacial score (nSPS) is 11.1. The molecule has 0 saturated carbocycles. The van der Waals surface area contributed by atoms with Crippen molar-refractivity contribution in [2.45, 2.75) is 32.5 Å². The van der Waals surface area contributed by atoms with E-state index in [2.05, 4.69) is 6.92 Å². The Morgan fingerprint density at radius 2 is 1.44 bits per heavy atom. The lowest BCUT2D eigenvalue weighted by molar-refractivity contribution is -0.0696. The molecule has 0 spiro atoms. The first kappa shape index (κ1) is 23.3. The maximum Gasteiger partial charge on any atom is 0.458 e. The summed E-state index contributed by atoms with van der Waals surface area (Å²) in [7, 11) is 0. The molecule has 0 bridgehead atoms. The van der Waals surface area contributed by atoms with Gasteiger partial charge < -0.3 is 4.74 Å². The molecule has 7 heteroatoms. The van der Waals surface area contributed by atoms with Crippen LogP contribution in [0, 0.1) is 29.3 Å². The van der Waals surface area contributed by atoms with Crippen molar-refractivity contribution >= 4 is 0 Å². The molecule has 3 aromatic carbocycles. The van der Waals surface area contributed by atoms with Crippen LogP contribution in [0.15, 0.2) is 54.6 Å². The highest BCUT2D eigenvalue weighted by Crippen LogP contribution is 2.25. The summed E-state index contributed by atoms with van der Waals surface area (Å²) in [5.41, 5.74) is 1.83. The summed E-state index contributed by atoms with van der Waals surface area (Å²) < 4.78 is 84.1. The number of hydrogen-bond donors (Lipinski definition) is 0. The largest absolute Gasteiger partial charge is 0.489 e. The first-order chi connectivity index (χ1) is 15.2. The third kappa shape index (κ3) is 6.07. The minimum Gasteiger partial charge on any atom is -0.489 e. The summed E-state index contributed by atoms with van der Waals surface area (Å²) in [5, 5.41) is 0. The lowest BCUT2D eigenvalue weighted by Gasteiger charge is -2.10. The van der Waals surface area contributed by atoms with Gasteiger partial charge in [0.05, 0.1) is 5.56 Å². The van der Waals surface area contributed by atoms with Crippen molar-refractivity contribution in [3.05, 3.63) is 88.7 Å². The molecule has 0 amide bonds. The van der Waals surface area contributed by atoms with Gasteiger partial charge in [-0.25, -0.2) is 13.2 Å². The van der Waals surface area contributed by atoms with Crippen LogP contribution < -0.4 is 4.74 Å². The fourth-order valence-electron chi connectivity index (χ4n) is 3.04. The molecule has 0 aliphatic heterocycles. The van der Waals surface area contributed by atoms with Crippen LogP contribution in [0.25, 0.3) is 11.1 Å². The Balaban J connectivity index is 1.72. The van der Waals surface area contributed by atoms with Gasteiger partial charge in [0.25, 0.3) is 0 Å². The summed E-state index contributed by atoms with van der Waals surface area (Å²) in [6, 6.07) is 13.7. The van der Waals surface area contributed by atoms with Crippen LogP contribution in [-0.4, -0.2) is 6.18 Å². The second kappa shape index (κ2) is 9.82. The van der Waals surface area contributed by atoms with Crippen molar-refractivity contribution in [2.24, 2.45) is 0 Å². The van der Waals surface area contributed by atoms with E-state index >= 15 is 0 Å². The van der Waals surface area contributed by atoms with Gasteiger partial charge in [-0.05, 0) is 29.2 Å². The Bertz CT molecular complexity index is 1130. The third-order valence-electron chi connectivity index (χ3n) is 4.62. The fourth-order valence-corrected chi connectivity index (χ4v) is 3.04. The number of rotatable bonds is 6. The molecule has 0 heterocycles.